The maximum absolute atomic E-state index is 13.2. The van der Waals surface area contributed by atoms with Crippen LogP contribution in [0, 0.1) is 0 Å². The summed E-state index contributed by atoms with van der Waals surface area (Å²) in [5, 5.41) is 0. The van der Waals surface area contributed by atoms with Crippen LogP contribution in [0.5, 0.6) is 0 Å². The van der Waals surface area contributed by atoms with Crippen molar-refractivity contribution in [2.24, 2.45) is 0 Å². The number of hydrogen-bond acceptors (Lipinski definition) is 5. The zero-order chi connectivity index (χ0) is 21.4. The number of carbonyl (C=O) groups excluding carboxylic acids is 2. The van der Waals surface area contributed by atoms with Crippen molar-refractivity contribution in [3.05, 3.63) is 77.6 Å². The van der Waals surface area contributed by atoms with Crippen LogP contribution in [0.1, 0.15) is 39.2 Å². The van der Waals surface area contributed by atoms with Gasteiger partial charge >= 0.3 is 0 Å². The van der Waals surface area contributed by atoms with E-state index in [1.165, 1.54) is 17.5 Å². The maximum Gasteiger partial charge on any atom is 0.289 e. The van der Waals surface area contributed by atoms with Gasteiger partial charge < -0.3 is 23.5 Å². The molecule has 0 spiro atoms. The highest BCUT2D eigenvalue weighted by atomic mass is 16.3. The van der Waals surface area contributed by atoms with Crippen LogP contribution < -0.4 is 4.90 Å². The monoisotopic (exact) mass is 419 g/mol. The van der Waals surface area contributed by atoms with E-state index in [4.69, 9.17) is 8.83 Å². The van der Waals surface area contributed by atoms with Crippen LogP contribution in [-0.4, -0.2) is 53.8 Å². The normalized spacial score (nSPS) is 18.4. The lowest BCUT2D eigenvalue weighted by Gasteiger charge is -2.34. The fourth-order valence-corrected chi connectivity index (χ4v) is 4.52. The molecule has 0 saturated carbocycles. The molecule has 0 bridgehead atoms. The molecular formula is C24H25N3O4. The minimum Gasteiger partial charge on any atom is -0.467 e. The molecule has 7 nitrogen and oxygen atoms in total. The molecule has 2 aliphatic rings. The minimum atomic E-state index is -0.136. The molecule has 1 unspecified atom stereocenters. The molecule has 0 radical (unpaired) electrons. The average Bonchev–Trinajstić information content (AvgIpc) is 3.54. The van der Waals surface area contributed by atoms with Crippen molar-refractivity contribution in [1.82, 2.24) is 9.80 Å². The Morgan fingerprint density at radius 1 is 0.903 bits per heavy atom. The SMILES string of the molecule is CC1Cc2ccccc2N1Cc1occc1C(=O)N1CCN(C(=O)c2ccco2)CC1. The van der Waals surface area contributed by atoms with Gasteiger partial charge in [0, 0.05) is 37.9 Å². The first kappa shape index (κ1) is 19.5. The lowest BCUT2D eigenvalue weighted by molar-refractivity contribution is 0.0517. The number of nitrogens with zero attached hydrogens (tertiary/aromatic N) is 3. The zero-order valence-corrected chi connectivity index (χ0v) is 17.5. The molecule has 7 heteroatoms. The van der Waals surface area contributed by atoms with Crippen LogP contribution >= 0.6 is 0 Å². The molecule has 1 saturated heterocycles. The van der Waals surface area contributed by atoms with Crippen molar-refractivity contribution >= 4 is 17.5 Å². The van der Waals surface area contributed by atoms with E-state index in [0.29, 0.717) is 55.8 Å². The van der Waals surface area contributed by atoms with Gasteiger partial charge in [0.1, 0.15) is 5.76 Å². The molecule has 1 fully saturated rings. The quantitative estimate of drug-likeness (QED) is 0.648. The molecular weight excluding hydrogens is 394 g/mol. The number of hydrogen-bond donors (Lipinski definition) is 0. The van der Waals surface area contributed by atoms with E-state index in [1.54, 1.807) is 34.3 Å². The summed E-state index contributed by atoms with van der Waals surface area (Å²) in [4.78, 5) is 31.5. The first-order valence-electron chi connectivity index (χ1n) is 10.6. The van der Waals surface area contributed by atoms with Crippen LogP contribution in [0.3, 0.4) is 0 Å². The van der Waals surface area contributed by atoms with Crippen LogP contribution in [0.15, 0.2) is 63.8 Å². The van der Waals surface area contributed by atoms with Crippen LogP contribution in [0.25, 0.3) is 0 Å². The summed E-state index contributed by atoms with van der Waals surface area (Å²) in [5.41, 5.74) is 3.13. The molecule has 2 aliphatic heterocycles. The summed E-state index contributed by atoms with van der Waals surface area (Å²) in [6, 6.07) is 13.9. The molecule has 2 amide bonds. The molecule has 0 N–H and O–H groups in total. The Labute approximate surface area is 180 Å². The molecule has 31 heavy (non-hydrogen) atoms. The van der Waals surface area contributed by atoms with E-state index in [-0.39, 0.29) is 11.8 Å². The summed E-state index contributed by atoms with van der Waals surface area (Å²) in [6.07, 6.45) is 4.07. The molecule has 0 aliphatic carbocycles. The number of benzene rings is 1. The van der Waals surface area contributed by atoms with Gasteiger partial charge in [-0.25, -0.2) is 0 Å². The molecule has 160 valence electrons. The minimum absolute atomic E-state index is 0.0472. The summed E-state index contributed by atoms with van der Waals surface area (Å²) < 4.78 is 10.9. The van der Waals surface area contributed by atoms with E-state index in [1.807, 2.05) is 6.07 Å². The lowest BCUT2D eigenvalue weighted by Crippen LogP contribution is -2.50. The first-order chi connectivity index (χ1) is 15.1. The number of carbonyl (C=O) groups is 2. The first-order valence-corrected chi connectivity index (χ1v) is 10.6. The van der Waals surface area contributed by atoms with E-state index in [9.17, 15) is 9.59 Å². The summed E-state index contributed by atoms with van der Waals surface area (Å²) in [6.45, 7) is 4.69. The number of anilines is 1. The second kappa shape index (κ2) is 7.98. The van der Waals surface area contributed by atoms with Gasteiger partial charge in [0.2, 0.25) is 0 Å². The Hall–Kier alpha value is -3.48. The summed E-state index contributed by atoms with van der Waals surface area (Å²) in [7, 11) is 0. The van der Waals surface area contributed by atoms with Gasteiger partial charge in [-0.3, -0.25) is 9.59 Å². The fourth-order valence-electron chi connectivity index (χ4n) is 4.52. The second-order valence-electron chi connectivity index (χ2n) is 8.13. The van der Waals surface area contributed by atoms with Crippen molar-refractivity contribution in [3.8, 4) is 0 Å². The molecule has 1 atom stereocenters. The van der Waals surface area contributed by atoms with Crippen LogP contribution in [-0.2, 0) is 13.0 Å². The highest BCUT2D eigenvalue weighted by molar-refractivity contribution is 5.96. The third kappa shape index (κ3) is 3.60. The Morgan fingerprint density at radius 2 is 1.65 bits per heavy atom. The number of fused-ring (bicyclic) bond motifs is 1. The largest absolute Gasteiger partial charge is 0.467 e. The van der Waals surface area contributed by atoms with Crippen molar-refractivity contribution in [3.63, 3.8) is 0 Å². The number of furan rings is 2. The van der Waals surface area contributed by atoms with Gasteiger partial charge in [0.05, 0.1) is 24.6 Å². The summed E-state index contributed by atoms with van der Waals surface area (Å²) in [5.74, 6) is 0.830. The van der Waals surface area contributed by atoms with Crippen LogP contribution in [0.4, 0.5) is 5.69 Å². The number of rotatable bonds is 4. The number of para-hydroxylation sites is 1. The van der Waals surface area contributed by atoms with Gasteiger partial charge in [0.15, 0.2) is 5.76 Å². The Balaban J connectivity index is 1.26. The maximum atomic E-state index is 13.2. The highest BCUT2D eigenvalue weighted by Crippen LogP contribution is 2.33. The fraction of sp³-hybridized carbons (Fsp3) is 0.333. The Kier molecular flexibility index (Phi) is 5.02. The third-order valence-corrected chi connectivity index (χ3v) is 6.22. The van der Waals surface area contributed by atoms with Crippen LogP contribution in [0.2, 0.25) is 0 Å². The van der Waals surface area contributed by atoms with Gasteiger partial charge in [-0.1, -0.05) is 18.2 Å². The van der Waals surface area contributed by atoms with E-state index >= 15 is 0 Å². The van der Waals surface area contributed by atoms with Crippen molar-refractivity contribution in [2.45, 2.75) is 25.9 Å². The molecule has 4 heterocycles. The Morgan fingerprint density at radius 3 is 2.39 bits per heavy atom. The van der Waals surface area contributed by atoms with Crippen molar-refractivity contribution < 1.29 is 18.4 Å². The molecule has 5 rings (SSSR count). The van der Waals surface area contributed by atoms with E-state index < -0.39 is 0 Å². The predicted molar refractivity (Wildman–Crippen MR) is 115 cm³/mol. The van der Waals surface area contributed by atoms with Crippen molar-refractivity contribution in [1.29, 1.82) is 0 Å². The van der Waals surface area contributed by atoms with Gasteiger partial charge in [0.25, 0.3) is 11.8 Å². The zero-order valence-electron chi connectivity index (χ0n) is 17.5. The Bertz CT molecular complexity index is 1080. The van der Waals surface area contributed by atoms with E-state index in [0.717, 1.165) is 6.42 Å². The third-order valence-electron chi connectivity index (χ3n) is 6.22. The standard InChI is InChI=1S/C24H25N3O4/c1-17-15-18-5-2-3-6-20(18)27(17)16-22-19(8-14-31-22)23(28)25-9-11-26(12-10-25)24(29)21-7-4-13-30-21/h2-8,13-14,17H,9-12,15-16H2,1H3. The van der Waals surface area contributed by atoms with Gasteiger partial charge in [-0.15, -0.1) is 0 Å². The molecule has 1 aromatic carbocycles. The van der Waals surface area contributed by atoms with Crippen molar-refractivity contribution in [2.75, 3.05) is 31.1 Å². The molecule has 3 aromatic rings. The number of piperazine rings is 1. The lowest BCUT2D eigenvalue weighted by atomic mass is 10.1. The highest BCUT2D eigenvalue weighted by Gasteiger charge is 2.31. The average molecular weight is 419 g/mol. The van der Waals surface area contributed by atoms with E-state index in [2.05, 4.69) is 30.0 Å². The second-order valence-corrected chi connectivity index (χ2v) is 8.13. The topological polar surface area (TPSA) is 70.1 Å². The molecule has 2 aromatic heterocycles. The van der Waals surface area contributed by atoms with Gasteiger partial charge in [-0.2, -0.15) is 0 Å². The predicted octanol–water partition coefficient (Wildman–Crippen LogP) is 3.42. The summed E-state index contributed by atoms with van der Waals surface area (Å²) >= 11 is 0. The van der Waals surface area contributed by atoms with Gasteiger partial charge in [-0.05, 0) is 43.2 Å². The number of amides is 2. The smallest absolute Gasteiger partial charge is 0.289 e.